The van der Waals surface area contributed by atoms with E-state index in [0.717, 1.165) is 42.1 Å². The topological polar surface area (TPSA) is 46.1 Å². The highest BCUT2D eigenvalue weighted by Gasteiger charge is 2.21. The van der Waals surface area contributed by atoms with Gasteiger partial charge in [-0.15, -0.1) is 12.4 Å². The van der Waals surface area contributed by atoms with E-state index in [1.54, 1.807) is 0 Å². The number of aromatic nitrogens is 1. The van der Waals surface area contributed by atoms with Crippen LogP contribution in [-0.4, -0.2) is 29.6 Å². The monoisotopic (exact) mass is 353 g/mol. The van der Waals surface area contributed by atoms with E-state index in [-0.39, 0.29) is 24.4 Å². The summed E-state index contributed by atoms with van der Waals surface area (Å²) >= 11 is 5.95. The first-order valence-electron chi connectivity index (χ1n) is 7.52. The van der Waals surface area contributed by atoms with Gasteiger partial charge in [-0.1, -0.05) is 11.6 Å². The summed E-state index contributed by atoms with van der Waals surface area (Å²) < 4.78 is 2.08. The van der Waals surface area contributed by atoms with Crippen LogP contribution in [0.4, 0.5) is 0 Å². The van der Waals surface area contributed by atoms with Crippen molar-refractivity contribution in [2.45, 2.75) is 26.3 Å². The zero-order chi connectivity index (χ0) is 15.7. The normalized spacial score (nSPS) is 16.9. The number of halogens is 2. The molecule has 1 aromatic carbocycles. The second-order valence-corrected chi connectivity index (χ2v) is 6.20. The van der Waals surface area contributed by atoms with Gasteiger partial charge in [-0.25, -0.2) is 0 Å². The molecule has 23 heavy (non-hydrogen) atoms. The number of carbonyl (C=O) groups excluding carboxylic acids is 1. The summed E-state index contributed by atoms with van der Waals surface area (Å²) in [6.45, 7) is 5.80. The molecule has 1 amide bonds. The number of aryl methyl sites for hydroxylation is 1. The van der Waals surface area contributed by atoms with Crippen LogP contribution >= 0.6 is 24.0 Å². The van der Waals surface area contributed by atoms with Crippen molar-refractivity contribution in [2.24, 2.45) is 0 Å². The lowest BCUT2D eigenvalue weighted by atomic mass is 10.2. The fraction of sp³-hybridized carbons (Fsp3) is 0.353. The number of carbonyl (C=O) groups is 1. The summed E-state index contributed by atoms with van der Waals surface area (Å²) in [4.78, 5) is 12.5. The molecule has 2 heterocycles. The van der Waals surface area contributed by atoms with E-state index >= 15 is 0 Å². The smallest absolute Gasteiger partial charge is 0.253 e. The number of hydrogen-bond donors (Lipinski definition) is 2. The molecule has 2 N–H and O–H groups in total. The van der Waals surface area contributed by atoms with Gasteiger partial charge in [-0.2, -0.15) is 0 Å². The fourth-order valence-electron chi connectivity index (χ4n) is 3.02. The summed E-state index contributed by atoms with van der Waals surface area (Å²) in [5.41, 5.74) is 3.73. The average molecular weight is 354 g/mol. The highest BCUT2D eigenvalue weighted by Crippen LogP contribution is 2.22. The number of nitrogens with one attached hydrogen (secondary N) is 2. The zero-order valence-corrected chi connectivity index (χ0v) is 14.8. The largest absolute Gasteiger partial charge is 0.348 e. The van der Waals surface area contributed by atoms with E-state index in [1.807, 2.05) is 44.2 Å². The number of hydrogen-bond acceptors (Lipinski definition) is 2. The molecular formula is C17H21Cl2N3O. The Hall–Kier alpha value is -1.49. The van der Waals surface area contributed by atoms with Crippen molar-refractivity contribution in [1.82, 2.24) is 15.2 Å². The number of amides is 1. The third-order valence-electron chi connectivity index (χ3n) is 4.16. The molecule has 0 aliphatic carbocycles. The predicted octanol–water partition coefficient (Wildman–Crippen LogP) is 3.26. The molecule has 1 aliphatic rings. The number of benzene rings is 1. The first kappa shape index (κ1) is 17.9. The van der Waals surface area contributed by atoms with Crippen molar-refractivity contribution in [1.29, 1.82) is 0 Å². The minimum atomic E-state index is 0. The Morgan fingerprint density at radius 3 is 2.61 bits per heavy atom. The SMILES string of the molecule is Cc1cc(C(=O)NC2CCNC2)c(C)n1-c1ccc(Cl)cc1.Cl. The van der Waals surface area contributed by atoms with Crippen LogP contribution in [0.3, 0.4) is 0 Å². The molecule has 0 radical (unpaired) electrons. The van der Waals surface area contributed by atoms with Crippen LogP contribution in [0.25, 0.3) is 5.69 Å². The summed E-state index contributed by atoms with van der Waals surface area (Å²) in [6.07, 6.45) is 0.988. The van der Waals surface area contributed by atoms with Gasteiger partial charge in [0, 0.05) is 34.7 Å². The molecular weight excluding hydrogens is 333 g/mol. The Labute approximate surface area is 147 Å². The van der Waals surface area contributed by atoms with Crippen LogP contribution < -0.4 is 10.6 Å². The van der Waals surface area contributed by atoms with Crippen molar-refractivity contribution in [3.63, 3.8) is 0 Å². The van der Waals surface area contributed by atoms with Crippen LogP contribution in [0, 0.1) is 13.8 Å². The minimum Gasteiger partial charge on any atom is -0.348 e. The maximum atomic E-state index is 12.5. The van der Waals surface area contributed by atoms with Crippen LogP contribution in [0.1, 0.15) is 28.2 Å². The lowest BCUT2D eigenvalue weighted by molar-refractivity contribution is 0.0939. The van der Waals surface area contributed by atoms with Gasteiger partial charge < -0.3 is 15.2 Å². The van der Waals surface area contributed by atoms with Crippen molar-refractivity contribution in [3.8, 4) is 5.69 Å². The van der Waals surface area contributed by atoms with Gasteiger partial charge in [-0.05, 0) is 57.1 Å². The van der Waals surface area contributed by atoms with Crippen molar-refractivity contribution in [2.75, 3.05) is 13.1 Å². The molecule has 1 aliphatic heterocycles. The van der Waals surface area contributed by atoms with Gasteiger partial charge in [-0.3, -0.25) is 4.79 Å². The van der Waals surface area contributed by atoms with Crippen molar-refractivity contribution < 1.29 is 4.79 Å². The van der Waals surface area contributed by atoms with E-state index in [9.17, 15) is 4.79 Å². The lowest BCUT2D eigenvalue weighted by Gasteiger charge is -2.12. The first-order valence-corrected chi connectivity index (χ1v) is 7.90. The number of nitrogens with zero attached hydrogens (tertiary/aromatic N) is 1. The molecule has 1 atom stereocenters. The molecule has 2 aromatic rings. The molecule has 0 bridgehead atoms. The maximum Gasteiger partial charge on any atom is 0.253 e. The van der Waals surface area contributed by atoms with Crippen LogP contribution in [0.15, 0.2) is 30.3 Å². The molecule has 3 rings (SSSR count). The van der Waals surface area contributed by atoms with Gasteiger partial charge in [0.05, 0.1) is 5.56 Å². The lowest BCUT2D eigenvalue weighted by Crippen LogP contribution is -2.36. The van der Waals surface area contributed by atoms with Gasteiger partial charge in [0.2, 0.25) is 0 Å². The molecule has 0 saturated carbocycles. The highest BCUT2D eigenvalue weighted by atomic mass is 35.5. The minimum absolute atomic E-state index is 0. The van der Waals surface area contributed by atoms with E-state index < -0.39 is 0 Å². The van der Waals surface area contributed by atoms with Crippen LogP contribution in [-0.2, 0) is 0 Å². The Morgan fingerprint density at radius 2 is 2.00 bits per heavy atom. The quantitative estimate of drug-likeness (QED) is 0.889. The standard InChI is InChI=1S/C17H20ClN3O.ClH/c1-11-9-16(17(22)20-14-7-8-19-10-14)12(2)21(11)15-5-3-13(18)4-6-15;/h3-6,9,14,19H,7-8,10H2,1-2H3,(H,20,22);1H. The molecule has 4 nitrogen and oxygen atoms in total. The third kappa shape index (κ3) is 3.71. The van der Waals surface area contributed by atoms with E-state index in [4.69, 9.17) is 11.6 Å². The predicted molar refractivity (Wildman–Crippen MR) is 96.2 cm³/mol. The molecule has 1 unspecified atom stereocenters. The summed E-state index contributed by atoms with van der Waals surface area (Å²) in [5, 5.41) is 7.07. The zero-order valence-electron chi connectivity index (χ0n) is 13.2. The summed E-state index contributed by atoms with van der Waals surface area (Å²) in [7, 11) is 0. The summed E-state index contributed by atoms with van der Waals surface area (Å²) in [5.74, 6) is 0.00186. The molecule has 1 aromatic heterocycles. The fourth-order valence-corrected chi connectivity index (χ4v) is 3.15. The molecule has 6 heteroatoms. The van der Waals surface area contributed by atoms with E-state index in [2.05, 4.69) is 15.2 Å². The number of rotatable bonds is 3. The summed E-state index contributed by atoms with van der Waals surface area (Å²) in [6, 6.07) is 9.82. The second-order valence-electron chi connectivity index (χ2n) is 5.76. The second kappa shape index (κ2) is 7.39. The van der Waals surface area contributed by atoms with Crippen molar-refractivity contribution >= 4 is 29.9 Å². The van der Waals surface area contributed by atoms with Gasteiger partial charge >= 0.3 is 0 Å². The van der Waals surface area contributed by atoms with Crippen LogP contribution in [0.2, 0.25) is 5.02 Å². The van der Waals surface area contributed by atoms with Gasteiger partial charge in [0.25, 0.3) is 5.91 Å². The first-order chi connectivity index (χ1) is 10.6. The van der Waals surface area contributed by atoms with E-state index in [1.165, 1.54) is 0 Å². The Bertz CT molecular complexity index is 689. The third-order valence-corrected chi connectivity index (χ3v) is 4.41. The van der Waals surface area contributed by atoms with E-state index in [0.29, 0.717) is 5.02 Å². The van der Waals surface area contributed by atoms with Crippen molar-refractivity contribution in [3.05, 3.63) is 52.3 Å². The highest BCUT2D eigenvalue weighted by molar-refractivity contribution is 6.30. The van der Waals surface area contributed by atoms with Crippen LogP contribution in [0.5, 0.6) is 0 Å². The Balaban J connectivity index is 0.00000192. The maximum absolute atomic E-state index is 12.5. The molecule has 124 valence electrons. The Morgan fingerprint density at radius 1 is 1.30 bits per heavy atom. The average Bonchev–Trinajstić information content (AvgIpc) is 3.09. The molecule has 1 fully saturated rings. The Kier molecular flexibility index (Phi) is 5.74. The molecule has 1 saturated heterocycles. The molecule has 0 spiro atoms. The van der Waals surface area contributed by atoms with Gasteiger partial charge in [0.15, 0.2) is 0 Å². The van der Waals surface area contributed by atoms with Gasteiger partial charge in [0.1, 0.15) is 0 Å².